The second-order valence-corrected chi connectivity index (χ2v) is 5.67. The molecular weight excluding hydrogens is 255 g/mol. The minimum absolute atomic E-state index is 0.000192. The van der Waals surface area contributed by atoms with Crippen molar-refractivity contribution in [2.24, 2.45) is 0 Å². The summed E-state index contributed by atoms with van der Waals surface area (Å²) in [7, 11) is 7.21. The molecule has 0 aromatic heterocycles. The average Bonchev–Trinajstić information content (AvgIpc) is 2.69. The van der Waals surface area contributed by atoms with Gasteiger partial charge in [0.25, 0.3) is 7.85 Å². The Morgan fingerprint density at radius 3 is 2.65 bits per heavy atom. The Balaban J connectivity index is 2.30. The zero-order chi connectivity index (χ0) is 15.1. The van der Waals surface area contributed by atoms with Crippen LogP contribution in [0.15, 0.2) is 18.2 Å². The number of benzene rings is 1. The van der Waals surface area contributed by atoms with E-state index in [-0.39, 0.29) is 5.78 Å². The van der Waals surface area contributed by atoms with Crippen molar-refractivity contribution in [2.45, 2.75) is 18.2 Å². The highest BCUT2D eigenvalue weighted by Gasteiger charge is 2.36. The van der Waals surface area contributed by atoms with E-state index in [0.717, 1.165) is 6.44 Å². The van der Waals surface area contributed by atoms with Gasteiger partial charge in [-0.25, -0.2) is 0 Å². The normalized spacial score (nSPS) is 23.6. The number of ketones is 1. The number of nitrogens with zero attached hydrogens (tertiary/aromatic N) is 1. The molecule has 0 radical (unpaired) electrons. The van der Waals surface area contributed by atoms with Crippen LogP contribution in [-0.4, -0.2) is 64.1 Å². The van der Waals surface area contributed by atoms with Gasteiger partial charge in [0, 0.05) is 11.0 Å². The predicted molar refractivity (Wildman–Crippen MR) is 83.6 cm³/mol. The Bertz CT molecular complexity index is 548. The van der Waals surface area contributed by atoms with Crippen LogP contribution in [0.2, 0.25) is 0 Å². The smallest absolute Gasteiger partial charge is 0.310 e. The first-order valence-electron chi connectivity index (χ1n) is 6.68. The van der Waals surface area contributed by atoms with Crippen LogP contribution in [0.4, 0.5) is 0 Å². The SMILES string of the molecule is BCN(C)C(B)(C)C(=O)c1ccc2c(c1)OC(B)(O)O2. The van der Waals surface area contributed by atoms with Crippen molar-refractivity contribution in [1.29, 1.82) is 0 Å². The summed E-state index contributed by atoms with van der Waals surface area (Å²) >= 11 is 0. The molecule has 1 aliphatic heterocycles. The predicted octanol–water partition coefficient (Wildman–Crippen LogP) is -2.25. The van der Waals surface area contributed by atoms with Gasteiger partial charge in [0.05, 0.1) is 0 Å². The number of aliphatic hydroxyl groups is 1. The lowest BCUT2D eigenvalue weighted by Crippen LogP contribution is -2.51. The summed E-state index contributed by atoms with van der Waals surface area (Å²) in [6.07, 6.45) is 0.776. The molecule has 0 fully saturated rings. The molecule has 0 saturated carbocycles. The summed E-state index contributed by atoms with van der Waals surface area (Å²) in [6, 6.07) is 4.95. The number of Topliss-reactive ketones (excluding diaryl/α,β-unsaturated/α-hetero) is 1. The summed E-state index contributed by atoms with van der Waals surface area (Å²) in [5.41, 5.74) is -0.0688. The number of carbonyl (C=O) groups is 1. The molecule has 0 saturated heterocycles. The fraction of sp³-hybridized carbons (Fsp3) is 0.417. The van der Waals surface area contributed by atoms with Gasteiger partial charge in [-0.2, -0.15) is 0 Å². The molecule has 5 nitrogen and oxygen atoms in total. The Morgan fingerprint density at radius 2 is 2.05 bits per heavy atom. The standard InChI is InChI=1S/C12H18B3NO4/c1-11(14,16(2)6-13)10(17)7-3-4-8-9(5-7)20-12(15,18)19-8/h3-5,18H,6,13-15H2,1-2H3. The number of ether oxygens (including phenoxy) is 2. The molecular formula is C12H18B3NO4. The van der Waals surface area contributed by atoms with Crippen molar-refractivity contribution in [3.8, 4) is 11.5 Å². The van der Waals surface area contributed by atoms with E-state index in [4.69, 9.17) is 9.47 Å². The molecule has 1 aliphatic rings. The first-order chi connectivity index (χ1) is 9.17. The first kappa shape index (κ1) is 15.0. The van der Waals surface area contributed by atoms with Crippen LogP contribution in [0, 0.1) is 0 Å². The second-order valence-electron chi connectivity index (χ2n) is 5.67. The number of hydrogen-bond donors (Lipinski definition) is 1. The molecule has 0 amide bonds. The third kappa shape index (κ3) is 2.58. The number of fused-ring (bicyclic) bond motifs is 1. The van der Waals surface area contributed by atoms with Crippen LogP contribution in [0.1, 0.15) is 17.3 Å². The van der Waals surface area contributed by atoms with E-state index in [9.17, 15) is 9.90 Å². The lowest BCUT2D eigenvalue weighted by atomic mass is 9.72. The molecule has 2 unspecified atom stereocenters. The third-order valence-electron chi connectivity index (χ3n) is 3.79. The highest BCUT2D eigenvalue weighted by Crippen LogP contribution is 2.38. The van der Waals surface area contributed by atoms with Crippen molar-refractivity contribution in [3.63, 3.8) is 0 Å². The summed E-state index contributed by atoms with van der Waals surface area (Å²) < 4.78 is 10.4. The lowest BCUT2D eigenvalue weighted by molar-refractivity contribution is -0.178. The zero-order valence-corrected chi connectivity index (χ0v) is 12.6. The van der Waals surface area contributed by atoms with E-state index < -0.39 is 11.3 Å². The van der Waals surface area contributed by atoms with Crippen LogP contribution < -0.4 is 9.47 Å². The maximum absolute atomic E-state index is 12.6. The summed E-state index contributed by atoms with van der Waals surface area (Å²) in [5, 5.41) is 9.69. The van der Waals surface area contributed by atoms with E-state index in [1.54, 1.807) is 18.2 Å². The summed E-state index contributed by atoms with van der Waals surface area (Å²) in [6.45, 7) is 1.89. The maximum Gasteiger partial charge on any atom is 0.310 e. The summed E-state index contributed by atoms with van der Waals surface area (Å²) in [4.78, 5) is 14.6. The fourth-order valence-corrected chi connectivity index (χ4v) is 2.16. The highest BCUT2D eigenvalue weighted by atomic mass is 16.8. The topological polar surface area (TPSA) is 59.0 Å². The molecule has 104 valence electrons. The van der Waals surface area contributed by atoms with Crippen LogP contribution in [0.5, 0.6) is 11.5 Å². The maximum atomic E-state index is 12.6. The van der Waals surface area contributed by atoms with Gasteiger partial charge >= 0.3 is 5.87 Å². The minimum atomic E-state index is -1.67. The fourth-order valence-electron chi connectivity index (χ4n) is 2.16. The largest absolute Gasteiger partial charge is 0.435 e. The molecule has 0 spiro atoms. The van der Waals surface area contributed by atoms with Gasteiger partial charge in [0.2, 0.25) is 0 Å². The van der Waals surface area contributed by atoms with Crippen LogP contribution in [0.3, 0.4) is 0 Å². The summed E-state index contributed by atoms with van der Waals surface area (Å²) in [5.74, 6) is -0.844. The Labute approximate surface area is 121 Å². The quantitative estimate of drug-likeness (QED) is 0.496. The van der Waals surface area contributed by atoms with Crippen LogP contribution >= 0.6 is 0 Å². The molecule has 0 bridgehead atoms. The molecule has 1 heterocycles. The van der Waals surface area contributed by atoms with Gasteiger partial charge in [-0.15, -0.1) is 0 Å². The van der Waals surface area contributed by atoms with Crippen molar-refractivity contribution in [1.82, 2.24) is 4.90 Å². The van der Waals surface area contributed by atoms with Crippen LogP contribution in [-0.2, 0) is 0 Å². The van der Waals surface area contributed by atoms with E-state index in [0.29, 0.717) is 17.1 Å². The van der Waals surface area contributed by atoms with Gasteiger partial charge in [0.15, 0.2) is 17.3 Å². The van der Waals surface area contributed by atoms with E-state index in [2.05, 4.69) is 0 Å². The van der Waals surface area contributed by atoms with Gasteiger partial charge in [-0.3, -0.25) is 4.79 Å². The number of likely N-dealkylation sites (N-methyl/N-ethyl adjacent to an activating group) is 1. The molecule has 1 aromatic rings. The van der Waals surface area contributed by atoms with E-state index in [1.165, 1.54) is 7.85 Å². The Kier molecular flexibility index (Phi) is 3.65. The highest BCUT2D eigenvalue weighted by molar-refractivity contribution is 6.32. The average molecular weight is 273 g/mol. The van der Waals surface area contributed by atoms with Crippen molar-refractivity contribution in [3.05, 3.63) is 23.8 Å². The molecule has 1 N–H and O–H groups in total. The van der Waals surface area contributed by atoms with Crippen molar-refractivity contribution >= 4 is 29.3 Å². The van der Waals surface area contributed by atoms with Crippen LogP contribution in [0.25, 0.3) is 0 Å². The van der Waals surface area contributed by atoms with Gasteiger partial charge in [-0.1, -0.05) is 0 Å². The molecule has 2 atom stereocenters. The Morgan fingerprint density at radius 1 is 1.45 bits per heavy atom. The minimum Gasteiger partial charge on any atom is -0.435 e. The monoisotopic (exact) mass is 273 g/mol. The molecule has 8 heteroatoms. The van der Waals surface area contributed by atoms with E-state index in [1.807, 2.05) is 34.6 Å². The van der Waals surface area contributed by atoms with E-state index >= 15 is 0 Å². The molecule has 0 aliphatic carbocycles. The zero-order valence-electron chi connectivity index (χ0n) is 12.6. The van der Waals surface area contributed by atoms with Gasteiger partial charge in [0.1, 0.15) is 15.7 Å². The molecule has 20 heavy (non-hydrogen) atoms. The number of rotatable bonds is 4. The first-order valence-corrected chi connectivity index (χ1v) is 6.68. The van der Waals surface area contributed by atoms with Gasteiger partial charge in [-0.05, 0) is 38.6 Å². The third-order valence-corrected chi connectivity index (χ3v) is 3.79. The Hall–Kier alpha value is -1.40. The van der Waals surface area contributed by atoms with Crippen molar-refractivity contribution in [2.75, 3.05) is 13.5 Å². The molecule has 1 aromatic carbocycles. The molecule has 2 rings (SSSR count). The second kappa shape index (κ2) is 4.86. The van der Waals surface area contributed by atoms with Crippen molar-refractivity contribution < 1.29 is 19.4 Å². The van der Waals surface area contributed by atoms with Gasteiger partial charge < -0.3 is 19.5 Å². The lowest BCUT2D eigenvalue weighted by Gasteiger charge is -2.33. The number of hydrogen-bond acceptors (Lipinski definition) is 5. The number of carbonyl (C=O) groups excluding carboxylic acids is 1.